The zero-order valence-electron chi connectivity index (χ0n) is 34.5. The molecule has 0 aromatic heterocycles. The van der Waals surface area contributed by atoms with Gasteiger partial charge >= 0.3 is 56.4 Å². The number of hydrogen-bond donors (Lipinski definition) is 0. The molecular formula is C44H72Cl2P4Pt2+4. The summed E-state index contributed by atoms with van der Waals surface area (Å²) in [5, 5.41) is 0. The Kier molecular flexibility index (Phi) is 60.8. The molecule has 0 spiro atoms. The summed E-state index contributed by atoms with van der Waals surface area (Å²) in [5.74, 6) is 16.0. The van der Waals surface area contributed by atoms with Crippen LogP contribution in [0.15, 0.2) is 48.5 Å². The van der Waals surface area contributed by atoms with E-state index in [0.717, 1.165) is 11.1 Å². The van der Waals surface area contributed by atoms with Crippen LogP contribution in [0.25, 0.3) is 0 Å². The number of benzene rings is 2. The molecule has 0 heterocycles. The van der Waals surface area contributed by atoms with Crippen molar-refractivity contribution in [3.8, 4) is 35.5 Å². The Labute approximate surface area is 361 Å². The third kappa shape index (κ3) is 37.3. The van der Waals surface area contributed by atoms with E-state index in [1.54, 1.807) is 49.7 Å². The van der Waals surface area contributed by atoms with Crippen LogP contribution in [0.3, 0.4) is 0 Å². The minimum atomic E-state index is 0.137. The van der Waals surface area contributed by atoms with Gasteiger partial charge in [0.2, 0.25) is 0 Å². The summed E-state index contributed by atoms with van der Waals surface area (Å²) in [4.78, 5) is 0. The molecule has 0 amide bonds. The average molecular weight is 1190 g/mol. The quantitative estimate of drug-likeness (QED) is 0.113. The Bertz CT molecular complexity index is 1090. The van der Waals surface area contributed by atoms with Crippen molar-refractivity contribution in [3.63, 3.8) is 0 Å². The van der Waals surface area contributed by atoms with Gasteiger partial charge in [-0.05, 0) is 138 Å². The molecule has 0 aliphatic rings. The molecule has 298 valence electrons. The number of halogens is 2. The van der Waals surface area contributed by atoms with Crippen molar-refractivity contribution in [3.05, 3.63) is 83.6 Å². The molecule has 0 bridgehead atoms. The van der Waals surface area contributed by atoms with Crippen LogP contribution >= 0.6 is 50.5 Å². The van der Waals surface area contributed by atoms with Gasteiger partial charge in [0.15, 0.2) is 0 Å². The third-order valence-corrected chi connectivity index (χ3v) is 20.6. The maximum atomic E-state index is 7.17. The van der Waals surface area contributed by atoms with Crippen LogP contribution in [-0.4, -0.2) is 73.9 Å². The second-order valence-electron chi connectivity index (χ2n) is 11.1. The van der Waals surface area contributed by atoms with Gasteiger partial charge in [-0.15, -0.1) is 23.3 Å². The van der Waals surface area contributed by atoms with Crippen molar-refractivity contribution in [2.24, 2.45) is 0 Å². The van der Waals surface area contributed by atoms with Crippen LogP contribution in [0, 0.1) is 48.4 Å². The number of rotatable bonds is 12. The van der Waals surface area contributed by atoms with Crippen LogP contribution in [0.5, 0.6) is 0 Å². The van der Waals surface area contributed by atoms with Gasteiger partial charge < -0.3 is 12.8 Å². The molecule has 2 aromatic rings. The molecule has 0 atom stereocenters. The third-order valence-electron chi connectivity index (χ3n) is 8.58. The first-order chi connectivity index (χ1) is 25.2. The predicted molar refractivity (Wildman–Crippen MR) is 251 cm³/mol. The summed E-state index contributed by atoms with van der Waals surface area (Å²) < 4.78 is 0. The first-order valence-electron chi connectivity index (χ1n) is 18.9. The summed E-state index contributed by atoms with van der Waals surface area (Å²) >= 11 is 3.22. The van der Waals surface area contributed by atoms with Gasteiger partial charge in [-0.3, -0.25) is 11.8 Å². The molecule has 0 saturated heterocycles. The molecule has 2 rings (SSSR count). The van der Waals surface area contributed by atoms with Crippen molar-refractivity contribution in [2.75, 3.05) is 73.9 Å². The molecule has 0 N–H and O–H groups in total. The Morgan fingerprint density at radius 1 is 0.385 bits per heavy atom. The van der Waals surface area contributed by atoms with Crippen molar-refractivity contribution >= 4 is 50.5 Å². The van der Waals surface area contributed by atoms with E-state index < -0.39 is 0 Å². The second-order valence-corrected chi connectivity index (χ2v) is 25.6. The summed E-state index contributed by atoms with van der Waals surface area (Å²) in [7, 11) is 9.77. The van der Waals surface area contributed by atoms with Crippen LogP contribution in [0.1, 0.15) is 105 Å². The van der Waals surface area contributed by atoms with Crippen LogP contribution in [0.2, 0.25) is 0 Å². The average Bonchev–Trinajstić information content (AvgIpc) is 3.22. The van der Waals surface area contributed by atoms with E-state index in [1.807, 2.05) is 36.4 Å². The van der Waals surface area contributed by atoms with Crippen LogP contribution in [-0.2, 0) is 37.5 Å². The standard InChI is InChI=1S/C20H8.4C6H15P.2ClH.2Pt/c1-3-17-11-5-7-13-19(17)15-9-10-16-20-14-8-6-12-18(20)4-2;4*1-4-7(5-2)6-3;;;;/h5-8,11-14H;4*4-6H2,1-3H3;2*1H;;/q-2;;;;;;;2*+2/p+2. The fraction of sp³-hybridized carbons (Fsp3) is 0.545. The molecular weight excluding hydrogens is 1110 g/mol. The first-order valence-corrected chi connectivity index (χ1v) is 33.0. The molecule has 0 nitrogen and oxygen atoms in total. The molecule has 0 unspecified atom stereocenters. The van der Waals surface area contributed by atoms with Crippen molar-refractivity contribution in [1.29, 1.82) is 0 Å². The maximum absolute atomic E-state index is 7.17. The summed E-state index contributed by atoms with van der Waals surface area (Å²) in [6, 6.07) is 14.6. The van der Waals surface area contributed by atoms with Gasteiger partial charge in [-0.1, -0.05) is 48.2 Å². The van der Waals surface area contributed by atoms with Gasteiger partial charge in [0, 0.05) is 0 Å². The van der Waals surface area contributed by atoms with E-state index >= 15 is 0 Å². The molecule has 8 heteroatoms. The summed E-state index contributed by atoms with van der Waals surface area (Å²) in [6.45, 7) is 27.7. The Morgan fingerprint density at radius 2 is 0.558 bits per heavy atom. The van der Waals surface area contributed by atoms with E-state index in [9.17, 15) is 0 Å². The van der Waals surface area contributed by atoms with Crippen molar-refractivity contribution in [2.45, 2.75) is 83.1 Å². The zero-order chi connectivity index (χ0) is 41.0. The molecule has 0 saturated carbocycles. The second kappa shape index (κ2) is 51.4. The Hall–Kier alpha value is 0.357. The normalized spacial score (nSPS) is 8.92. The molecule has 2 aromatic carbocycles. The van der Waals surface area contributed by atoms with E-state index in [2.05, 4.69) is 137 Å². The van der Waals surface area contributed by atoms with E-state index in [0.29, 0.717) is 11.1 Å². The summed E-state index contributed by atoms with van der Waals surface area (Å²) in [6.07, 6.45) is 31.8. The molecule has 52 heavy (non-hydrogen) atoms. The van der Waals surface area contributed by atoms with Gasteiger partial charge in [-0.2, -0.15) is 0 Å². The first kappa shape index (κ1) is 61.6. The van der Waals surface area contributed by atoms with Gasteiger partial charge in [-0.25, -0.2) is 0 Å². The van der Waals surface area contributed by atoms with Gasteiger partial charge in [0.05, 0.1) is 73.9 Å². The van der Waals surface area contributed by atoms with E-state index in [-0.39, 0.29) is 31.7 Å². The fourth-order valence-corrected chi connectivity index (χ4v) is 10.6. The fourth-order valence-electron chi connectivity index (χ4n) is 4.60. The van der Waals surface area contributed by atoms with Crippen LogP contribution < -0.4 is 0 Å². The van der Waals surface area contributed by atoms with Crippen LogP contribution in [0.4, 0.5) is 0 Å². The Balaban J connectivity index is -0.000000193. The van der Waals surface area contributed by atoms with E-state index in [4.69, 9.17) is 12.8 Å². The summed E-state index contributed by atoms with van der Waals surface area (Å²) in [5.41, 5.74) is 2.75. The predicted octanol–water partition coefficient (Wildman–Crippen LogP) is 13.4. The monoisotopic (exact) mass is 1180 g/mol. The number of hydrogen-bond acceptors (Lipinski definition) is 0. The van der Waals surface area contributed by atoms with Gasteiger partial charge in [0.25, 0.3) is 0 Å². The topological polar surface area (TPSA) is 0 Å². The zero-order valence-corrected chi connectivity index (χ0v) is 44.5. The minimum absolute atomic E-state index is 0.137. The van der Waals surface area contributed by atoms with Crippen molar-refractivity contribution < 1.29 is 37.5 Å². The van der Waals surface area contributed by atoms with Gasteiger partial charge in [0.1, 0.15) is 0 Å². The Morgan fingerprint density at radius 3 is 0.692 bits per heavy atom. The molecule has 0 aliphatic heterocycles. The molecule has 0 radical (unpaired) electrons. The molecule has 0 fully saturated rings. The SMILES string of the molecule is CC[PH+](CC)CC.CC[PH+](CC)CC.CC[PH+](CC)CC.CC[PH+](CC)CC.[C-]#Cc1ccccc1C#CC#Cc1ccccc1C#[C-].[Cl][Pt+].[Cl][Pt+]. The molecule has 0 aliphatic carbocycles. The van der Waals surface area contributed by atoms with E-state index in [1.165, 1.54) is 73.9 Å². The van der Waals surface area contributed by atoms with Crippen molar-refractivity contribution in [1.82, 2.24) is 0 Å².